The molecule has 5 heteroatoms. The van der Waals surface area contributed by atoms with Crippen molar-refractivity contribution in [2.75, 3.05) is 6.54 Å². The number of aryl methyl sites for hydroxylation is 1. The van der Waals surface area contributed by atoms with Gasteiger partial charge >= 0.3 is 0 Å². The van der Waals surface area contributed by atoms with Gasteiger partial charge in [0.05, 0.1) is 5.69 Å². The van der Waals surface area contributed by atoms with Crippen molar-refractivity contribution in [2.45, 2.75) is 5.92 Å². The fourth-order valence-corrected chi connectivity index (χ4v) is 2.75. The number of benzene rings is 2. The maximum atomic E-state index is 14.1. The SMILES string of the molecule is Cn1nc(-c2ccccc2)cc1C(CN)c1cc(F)ccc1F. The molecule has 0 saturated carbocycles. The second-order valence-corrected chi connectivity index (χ2v) is 5.40. The molecule has 3 aromatic rings. The quantitative estimate of drug-likeness (QED) is 0.801. The maximum Gasteiger partial charge on any atom is 0.127 e. The molecule has 0 aliphatic rings. The van der Waals surface area contributed by atoms with Crippen LogP contribution >= 0.6 is 0 Å². The van der Waals surface area contributed by atoms with E-state index in [0.29, 0.717) is 0 Å². The Morgan fingerprint density at radius 3 is 2.52 bits per heavy atom. The minimum absolute atomic E-state index is 0.161. The third-order valence-electron chi connectivity index (χ3n) is 3.91. The van der Waals surface area contributed by atoms with Crippen molar-refractivity contribution in [3.8, 4) is 11.3 Å². The normalized spacial score (nSPS) is 12.3. The molecule has 1 heterocycles. The van der Waals surface area contributed by atoms with E-state index in [1.54, 1.807) is 11.7 Å². The van der Waals surface area contributed by atoms with E-state index in [4.69, 9.17) is 5.73 Å². The van der Waals surface area contributed by atoms with Crippen molar-refractivity contribution in [2.24, 2.45) is 12.8 Å². The molecular formula is C18H17F2N3. The average Bonchev–Trinajstić information content (AvgIpc) is 2.94. The van der Waals surface area contributed by atoms with Crippen LogP contribution in [0.3, 0.4) is 0 Å². The van der Waals surface area contributed by atoms with Gasteiger partial charge < -0.3 is 5.73 Å². The summed E-state index contributed by atoms with van der Waals surface area (Å²) in [7, 11) is 1.78. The molecule has 1 unspecified atom stereocenters. The zero-order chi connectivity index (χ0) is 16.4. The molecule has 0 saturated heterocycles. The molecule has 0 radical (unpaired) electrons. The molecule has 0 amide bonds. The lowest BCUT2D eigenvalue weighted by Crippen LogP contribution is -2.18. The zero-order valence-electron chi connectivity index (χ0n) is 12.7. The lowest BCUT2D eigenvalue weighted by molar-refractivity contribution is 0.564. The number of nitrogens with two attached hydrogens (primary N) is 1. The van der Waals surface area contributed by atoms with Gasteiger partial charge in [-0.05, 0) is 24.3 Å². The van der Waals surface area contributed by atoms with Crippen molar-refractivity contribution in [1.82, 2.24) is 9.78 Å². The Labute approximate surface area is 133 Å². The van der Waals surface area contributed by atoms with Crippen molar-refractivity contribution < 1.29 is 8.78 Å². The van der Waals surface area contributed by atoms with Crippen LogP contribution in [0.5, 0.6) is 0 Å². The van der Waals surface area contributed by atoms with E-state index >= 15 is 0 Å². The number of aromatic nitrogens is 2. The Balaban J connectivity index is 2.06. The third-order valence-corrected chi connectivity index (χ3v) is 3.91. The molecule has 0 aliphatic heterocycles. The van der Waals surface area contributed by atoms with Gasteiger partial charge in [-0.3, -0.25) is 4.68 Å². The third kappa shape index (κ3) is 3.00. The van der Waals surface area contributed by atoms with E-state index in [2.05, 4.69) is 5.10 Å². The highest BCUT2D eigenvalue weighted by atomic mass is 19.1. The van der Waals surface area contributed by atoms with Gasteiger partial charge in [0.2, 0.25) is 0 Å². The highest BCUT2D eigenvalue weighted by Crippen LogP contribution is 2.29. The van der Waals surface area contributed by atoms with Crippen LogP contribution in [0.2, 0.25) is 0 Å². The van der Waals surface area contributed by atoms with Crippen LogP contribution in [0.1, 0.15) is 17.2 Å². The van der Waals surface area contributed by atoms with E-state index in [-0.39, 0.29) is 12.1 Å². The molecule has 0 spiro atoms. The molecule has 23 heavy (non-hydrogen) atoms. The number of rotatable bonds is 4. The summed E-state index contributed by atoms with van der Waals surface area (Å²) in [5, 5.41) is 4.47. The van der Waals surface area contributed by atoms with Crippen LogP contribution in [-0.2, 0) is 7.05 Å². The molecular weight excluding hydrogens is 296 g/mol. The molecule has 3 rings (SSSR count). The first kappa shape index (κ1) is 15.4. The first-order chi connectivity index (χ1) is 11.1. The molecule has 0 bridgehead atoms. The Kier molecular flexibility index (Phi) is 4.21. The van der Waals surface area contributed by atoms with Gasteiger partial charge in [0, 0.05) is 36.3 Å². The smallest absolute Gasteiger partial charge is 0.127 e. The summed E-state index contributed by atoms with van der Waals surface area (Å²) in [5.74, 6) is -1.41. The highest BCUT2D eigenvalue weighted by Gasteiger charge is 2.21. The number of hydrogen-bond donors (Lipinski definition) is 1. The fourth-order valence-electron chi connectivity index (χ4n) is 2.75. The first-order valence-corrected chi connectivity index (χ1v) is 7.34. The van der Waals surface area contributed by atoms with Crippen LogP contribution in [0.15, 0.2) is 54.6 Å². The molecule has 1 aromatic heterocycles. The second kappa shape index (κ2) is 6.30. The molecule has 3 nitrogen and oxygen atoms in total. The predicted molar refractivity (Wildman–Crippen MR) is 85.9 cm³/mol. The predicted octanol–water partition coefficient (Wildman–Crippen LogP) is 3.46. The second-order valence-electron chi connectivity index (χ2n) is 5.40. The fraction of sp³-hybridized carbons (Fsp3) is 0.167. The van der Waals surface area contributed by atoms with Crippen LogP contribution in [0, 0.1) is 11.6 Å². The van der Waals surface area contributed by atoms with E-state index < -0.39 is 17.6 Å². The summed E-state index contributed by atoms with van der Waals surface area (Å²) in [5.41, 5.74) is 8.57. The van der Waals surface area contributed by atoms with Gasteiger partial charge in [-0.15, -0.1) is 0 Å². The Morgan fingerprint density at radius 1 is 1.09 bits per heavy atom. The summed E-state index contributed by atoms with van der Waals surface area (Å²) in [6.45, 7) is 0.161. The summed E-state index contributed by atoms with van der Waals surface area (Å²) in [6, 6.07) is 15.0. The van der Waals surface area contributed by atoms with Gasteiger partial charge in [0.15, 0.2) is 0 Å². The summed E-state index contributed by atoms with van der Waals surface area (Å²) in [6.07, 6.45) is 0. The van der Waals surface area contributed by atoms with Gasteiger partial charge in [-0.25, -0.2) is 8.78 Å². The molecule has 0 aliphatic carbocycles. The number of halogens is 2. The summed E-state index contributed by atoms with van der Waals surface area (Å²) >= 11 is 0. The highest BCUT2D eigenvalue weighted by molar-refractivity contribution is 5.59. The monoisotopic (exact) mass is 313 g/mol. The standard InChI is InChI=1S/C18H17F2N3/c1-23-18(10-17(22-23)12-5-3-2-4-6-12)15(11-21)14-9-13(19)7-8-16(14)20/h2-10,15H,11,21H2,1H3. The van der Waals surface area contributed by atoms with Crippen LogP contribution < -0.4 is 5.73 Å². The van der Waals surface area contributed by atoms with Crippen molar-refractivity contribution >= 4 is 0 Å². The van der Waals surface area contributed by atoms with E-state index in [9.17, 15) is 8.78 Å². The van der Waals surface area contributed by atoms with E-state index in [1.165, 1.54) is 6.07 Å². The van der Waals surface area contributed by atoms with Crippen molar-refractivity contribution in [3.63, 3.8) is 0 Å². The molecule has 2 N–H and O–H groups in total. The Hall–Kier alpha value is -2.53. The summed E-state index contributed by atoms with van der Waals surface area (Å²) in [4.78, 5) is 0. The van der Waals surface area contributed by atoms with Crippen molar-refractivity contribution in [3.05, 3.63) is 77.5 Å². The van der Waals surface area contributed by atoms with Gasteiger partial charge in [-0.2, -0.15) is 5.10 Å². The minimum Gasteiger partial charge on any atom is -0.329 e. The topological polar surface area (TPSA) is 43.8 Å². The molecule has 0 fully saturated rings. The van der Waals surface area contributed by atoms with Crippen LogP contribution in [0.25, 0.3) is 11.3 Å². The number of hydrogen-bond acceptors (Lipinski definition) is 2. The van der Waals surface area contributed by atoms with Gasteiger partial charge in [0.1, 0.15) is 11.6 Å². The Bertz CT molecular complexity index is 812. The maximum absolute atomic E-state index is 14.1. The molecule has 2 aromatic carbocycles. The zero-order valence-corrected chi connectivity index (χ0v) is 12.7. The lowest BCUT2D eigenvalue weighted by Gasteiger charge is -2.16. The molecule has 118 valence electrons. The van der Waals surface area contributed by atoms with Gasteiger partial charge in [-0.1, -0.05) is 30.3 Å². The van der Waals surface area contributed by atoms with Gasteiger partial charge in [0.25, 0.3) is 0 Å². The Morgan fingerprint density at radius 2 is 1.83 bits per heavy atom. The minimum atomic E-state index is -0.481. The summed E-state index contributed by atoms with van der Waals surface area (Å²) < 4.78 is 29.3. The van der Waals surface area contributed by atoms with Crippen LogP contribution in [-0.4, -0.2) is 16.3 Å². The lowest BCUT2D eigenvalue weighted by atomic mass is 9.94. The largest absolute Gasteiger partial charge is 0.329 e. The number of nitrogens with zero attached hydrogens (tertiary/aromatic N) is 2. The van der Waals surface area contributed by atoms with Crippen molar-refractivity contribution in [1.29, 1.82) is 0 Å². The van der Waals surface area contributed by atoms with E-state index in [1.807, 2.05) is 36.4 Å². The first-order valence-electron chi connectivity index (χ1n) is 7.34. The molecule has 1 atom stereocenters. The van der Waals surface area contributed by atoms with E-state index in [0.717, 1.165) is 29.1 Å². The van der Waals surface area contributed by atoms with Crippen LogP contribution in [0.4, 0.5) is 8.78 Å². The average molecular weight is 313 g/mol.